The Balaban J connectivity index is 2.08. The predicted molar refractivity (Wildman–Crippen MR) is 74.4 cm³/mol. The summed E-state index contributed by atoms with van der Waals surface area (Å²) < 4.78 is 9.57. The van der Waals surface area contributed by atoms with Gasteiger partial charge in [-0.1, -0.05) is 0 Å². The van der Waals surface area contributed by atoms with Crippen LogP contribution in [0.4, 0.5) is 11.4 Å². The first-order valence-corrected chi connectivity index (χ1v) is 6.11. The molecule has 0 aliphatic rings. The molecule has 0 saturated heterocycles. The van der Waals surface area contributed by atoms with Gasteiger partial charge in [0.25, 0.3) is 0 Å². The number of likely N-dealkylation sites (N-methyl/N-ethyl adjacent to an activating group) is 1. The molecule has 20 heavy (non-hydrogen) atoms. The SMILES string of the molecule is COCCNC(=O)CN(C)c1ccc(N)c2nonc12. The molecular formula is C12H17N5O3. The van der Waals surface area contributed by atoms with Crippen molar-refractivity contribution >= 4 is 28.3 Å². The Morgan fingerprint density at radius 3 is 2.95 bits per heavy atom. The van der Waals surface area contributed by atoms with E-state index in [2.05, 4.69) is 15.6 Å². The highest BCUT2D eigenvalue weighted by Crippen LogP contribution is 2.27. The van der Waals surface area contributed by atoms with Crippen molar-refractivity contribution in [3.05, 3.63) is 12.1 Å². The Morgan fingerprint density at radius 1 is 1.45 bits per heavy atom. The van der Waals surface area contributed by atoms with Crippen molar-refractivity contribution in [1.29, 1.82) is 0 Å². The van der Waals surface area contributed by atoms with Gasteiger partial charge in [0.1, 0.15) is 0 Å². The summed E-state index contributed by atoms with van der Waals surface area (Å²) in [6.07, 6.45) is 0. The number of hydrogen-bond acceptors (Lipinski definition) is 7. The molecule has 2 aromatic rings. The lowest BCUT2D eigenvalue weighted by Gasteiger charge is -2.18. The lowest BCUT2D eigenvalue weighted by atomic mass is 10.2. The molecule has 1 aromatic heterocycles. The monoisotopic (exact) mass is 279 g/mol. The van der Waals surface area contributed by atoms with Crippen molar-refractivity contribution in [3.63, 3.8) is 0 Å². The molecule has 2 rings (SSSR count). The van der Waals surface area contributed by atoms with Crippen LogP contribution in [0.15, 0.2) is 16.8 Å². The lowest BCUT2D eigenvalue weighted by Crippen LogP contribution is -2.36. The summed E-state index contributed by atoms with van der Waals surface area (Å²) >= 11 is 0. The fraction of sp³-hybridized carbons (Fsp3) is 0.417. The van der Waals surface area contributed by atoms with Crippen LogP contribution < -0.4 is 16.0 Å². The zero-order valence-corrected chi connectivity index (χ0v) is 11.4. The molecule has 8 heteroatoms. The minimum atomic E-state index is -0.106. The first kappa shape index (κ1) is 14.1. The van der Waals surface area contributed by atoms with E-state index in [1.165, 1.54) is 0 Å². The van der Waals surface area contributed by atoms with Gasteiger partial charge in [-0.15, -0.1) is 0 Å². The van der Waals surface area contributed by atoms with Crippen LogP contribution in [0.2, 0.25) is 0 Å². The number of aromatic nitrogens is 2. The van der Waals surface area contributed by atoms with E-state index in [9.17, 15) is 4.79 Å². The van der Waals surface area contributed by atoms with Crippen LogP contribution >= 0.6 is 0 Å². The van der Waals surface area contributed by atoms with Gasteiger partial charge in [-0.05, 0) is 22.4 Å². The average Bonchev–Trinajstić information content (AvgIpc) is 2.89. The number of nitrogens with zero attached hydrogens (tertiary/aromatic N) is 3. The van der Waals surface area contributed by atoms with Crippen LogP contribution in [0.1, 0.15) is 0 Å². The number of hydrogen-bond donors (Lipinski definition) is 2. The van der Waals surface area contributed by atoms with Gasteiger partial charge in [0, 0.05) is 20.7 Å². The average molecular weight is 279 g/mol. The Kier molecular flexibility index (Phi) is 4.36. The van der Waals surface area contributed by atoms with Gasteiger partial charge in [0.05, 0.1) is 24.5 Å². The van der Waals surface area contributed by atoms with Crippen molar-refractivity contribution < 1.29 is 14.2 Å². The maximum absolute atomic E-state index is 11.8. The summed E-state index contributed by atoms with van der Waals surface area (Å²) in [5, 5.41) is 10.3. The summed E-state index contributed by atoms with van der Waals surface area (Å²) in [4.78, 5) is 13.5. The fourth-order valence-electron chi connectivity index (χ4n) is 1.83. The van der Waals surface area contributed by atoms with Crippen LogP contribution in [0.3, 0.4) is 0 Å². The van der Waals surface area contributed by atoms with Crippen LogP contribution in [-0.2, 0) is 9.53 Å². The van der Waals surface area contributed by atoms with Gasteiger partial charge in [-0.25, -0.2) is 4.63 Å². The molecule has 1 amide bonds. The van der Waals surface area contributed by atoms with Gasteiger partial charge in [-0.3, -0.25) is 4.79 Å². The number of benzene rings is 1. The number of amides is 1. The molecule has 3 N–H and O–H groups in total. The van der Waals surface area contributed by atoms with Gasteiger partial charge in [0.2, 0.25) is 5.91 Å². The molecule has 0 bridgehead atoms. The lowest BCUT2D eigenvalue weighted by molar-refractivity contribution is -0.119. The standard InChI is InChI=1S/C12H17N5O3/c1-17(7-10(18)14-5-6-19-2)9-4-3-8(13)11-12(9)16-20-15-11/h3-4H,5-7,13H2,1-2H3,(H,14,18). The third-order valence-electron chi connectivity index (χ3n) is 2.85. The zero-order chi connectivity index (χ0) is 14.5. The molecule has 0 saturated carbocycles. The Hall–Kier alpha value is -2.35. The van der Waals surface area contributed by atoms with Crippen molar-refractivity contribution in [3.8, 4) is 0 Å². The van der Waals surface area contributed by atoms with Gasteiger partial charge in [-0.2, -0.15) is 0 Å². The molecule has 0 aliphatic carbocycles. The molecule has 0 fully saturated rings. The van der Waals surface area contributed by atoms with Crippen molar-refractivity contribution in [2.45, 2.75) is 0 Å². The first-order valence-electron chi connectivity index (χ1n) is 6.11. The summed E-state index contributed by atoms with van der Waals surface area (Å²) in [6.45, 7) is 1.15. The molecule has 0 atom stereocenters. The highest BCUT2D eigenvalue weighted by atomic mass is 16.6. The molecule has 0 unspecified atom stereocenters. The third kappa shape index (κ3) is 2.97. The molecule has 1 heterocycles. The van der Waals surface area contributed by atoms with Crippen molar-refractivity contribution in [1.82, 2.24) is 15.6 Å². The summed E-state index contributed by atoms with van der Waals surface area (Å²) in [6, 6.07) is 3.49. The number of nitrogens with one attached hydrogen (secondary N) is 1. The van der Waals surface area contributed by atoms with E-state index in [4.69, 9.17) is 15.1 Å². The zero-order valence-electron chi connectivity index (χ0n) is 11.4. The van der Waals surface area contributed by atoms with Crippen molar-refractivity contribution in [2.24, 2.45) is 0 Å². The van der Waals surface area contributed by atoms with Crippen LogP contribution in [0.5, 0.6) is 0 Å². The van der Waals surface area contributed by atoms with Crippen molar-refractivity contribution in [2.75, 3.05) is 44.5 Å². The molecule has 1 aromatic carbocycles. The number of ether oxygens (including phenoxy) is 1. The maximum Gasteiger partial charge on any atom is 0.239 e. The quantitative estimate of drug-likeness (QED) is 0.566. The van der Waals surface area contributed by atoms with E-state index in [0.717, 1.165) is 5.69 Å². The summed E-state index contributed by atoms with van der Waals surface area (Å²) in [7, 11) is 3.37. The number of carbonyl (C=O) groups excluding carboxylic acids is 1. The minimum absolute atomic E-state index is 0.106. The summed E-state index contributed by atoms with van der Waals surface area (Å²) in [5.41, 5.74) is 8.03. The normalized spacial score (nSPS) is 10.7. The Labute approximate surface area is 115 Å². The van der Waals surface area contributed by atoms with E-state index >= 15 is 0 Å². The molecule has 108 valence electrons. The topological polar surface area (TPSA) is 107 Å². The number of anilines is 2. The summed E-state index contributed by atoms with van der Waals surface area (Å²) in [5.74, 6) is -0.106. The van der Waals surface area contributed by atoms with Gasteiger partial charge in [0.15, 0.2) is 11.0 Å². The largest absolute Gasteiger partial charge is 0.397 e. The van der Waals surface area contributed by atoms with E-state index in [-0.39, 0.29) is 12.5 Å². The number of nitrogen functional groups attached to an aromatic ring is 1. The fourth-order valence-corrected chi connectivity index (χ4v) is 1.83. The van der Waals surface area contributed by atoms with E-state index in [1.807, 2.05) is 0 Å². The number of fused-ring (bicyclic) bond motifs is 1. The number of methoxy groups -OCH3 is 1. The Bertz CT molecular complexity index is 598. The Morgan fingerprint density at radius 2 is 2.20 bits per heavy atom. The van der Waals surface area contributed by atoms with Gasteiger partial charge >= 0.3 is 0 Å². The molecule has 8 nitrogen and oxygen atoms in total. The van der Waals surface area contributed by atoms with E-state index < -0.39 is 0 Å². The predicted octanol–water partition coefficient (Wildman–Crippen LogP) is 0.00380. The highest BCUT2D eigenvalue weighted by Gasteiger charge is 2.15. The second kappa shape index (κ2) is 6.20. The molecule has 0 radical (unpaired) electrons. The second-order valence-electron chi connectivity index (χ2n) is 4.33. The van der Waals surface area contributed by atoms with Crippen LogP contribution in [0, 0.1) is 0 Å². The molecule has 0 aliphatic heterocycles. The second-order valence-corrected chi connectivity index (χ2v) is 4.33. The van der Waals surface area contributed by atoms with E-state index in [1.54, 1.807) is 31.2 Å². The molecular weight excluding hydrogens is 262 g/mol. The minimum Gasteiger partial charge on any atom is -0.397 e. The smallest absolute Gasteiger partial charge is 0.239 e. The number of rotatable bonds is 6. The third-order valence-corrected chi connectivity index (χ3v) is 2.85. The number of carbonyl (C=O) groups is 1. The van der Waals surface area contributed by atoms with Gasteiger partial charge < -0.3 is 20.7 Å². The molecule has 0 spiro atoms. The maximum atomic E-state index is 11.8. The highest BCUT2D eigenvalue weighted by molar-refractivity contribution is 5.96. The van der Waals surface area contributed by atoms with E-state index in [0.29, 0.717) is 29.9 Å². The van der Waals surface area contributed by atoms with Crippen LogP contribution in [0.25, 0.3) is 11.0 Å². The number of nitrogens with two attached hydrogens (primary N) is 1. The first-order chi connectivity index (χ1) is 9.63. The van der Waals surface area contributed by atoms with Crippen LogP contribution in [-0.4, -0.2) is 50.1 Å².